The van der Waals surface area contributed by atoms with E-state index in [4.69, 9.17) is 4.74 Å². The Morgan fingerprint density at radius 2 is 2.10 bits per heavy atom. The first-order chi connectivity index (χ1) is 9.82. The first-order valence-corrected chi connectivity index (χ1v) is 8.37. The molecule has 0 amide bonds. The molecule has 0 aliphatic carbocycles. The summed E-state index contributed by atoms with van der Waals surface area (Å²) in [4.78, 5) is 0.231. The Hall–Kier alpha value is -1.86. The molecule has 6 nitrogen and oxygen atoms in total. The van der Waals surface area contributed by atoms with E-state index in [0.717, 1.165) is 11.3 Å². The third kappa shape index (κ3) is 3.43. The number of rotatable bonds is 5. The van der Waals surface area contributed by atoms with Crippen molar-refractivity contribution in [3.05, 3.63) is 35.5 Å². The Balaban J connectivity index is 2.39. The monoisotopic (exact) mass is 309 g/mol. The van der Waals surface area contributed by atoms with Gasteiger partial charge in [-0.1, -0.05) is 6.07 Å². The maximum Gasteiger partial charge on any atom is 0.222 e. The first kappa shape index (κ1) is 15.5. The molecule has 0 aliphatic rings. The highest BCUT2D eigenvalue weighted by atomic mass is 32.2. The average molecular weight is 309 g/mol. The minimum atomic E-state index is -3.26. The van der Waals surface area contributed by atoms with E-state index in [1.54, 1.807) is 29.9 Å². The zero-order chi connectivity index (χ0) is 15.6. The molecule has 0 radical (unpaired) electrons. The summed E-state index contributed by atoms with van der Waals surface area (Å²) < 4.78 is 30.7. The molecule has 1 aromatic heterocycles. The van der Waals surface area contributed by atoms with E-state index in [-0.39, 0.29) is 4.90 Å². The van der Waals surface area contributed by atoms with Gasteiger partial charge in [0.15, 0.2) is 9.84 Å². The average Bonchev–Trinajstić information content (AvgIpc) is 2.66. The molecule has 0 aliphatic heterocycles. The fourth-order valence-corrected chi connectivity index (χ4v) is 2.72. The number of hydrogen-bond acceptors (Lipinski definition) is 5. The van der Waals surface area contributed by atoms with Gasteiger partial charge in [0, 0.05) is 19.8 Å². The Kier molecular flexibility index (Phi) is 4.34. The number of nitrogens with one attached hydrogen (secondary N) is 1. The van der Waals surface area contributed by atoms with Crippen LogP contribution >= 0.6 is 0 Å². The van der Waals surface area contributed by atoms with Gasteiger partial charge in [-0.2, -0.15) is 5.10 Å². The van der Waals surface area contributed by atoms with Gasteiger partial charge in [0.2, 0.25) is 5.88 Å². The lowest BCUT2D eigenvalue weighted by atomic mass is 10.2. The number of benzene rings is 1. The topological polar surface area (TPSA) is 73.2 Å². The number of ether oxygens (including phenoxy) is 1. The second-order valence-corrected chi connectivity index (χ2v) is 6.89. The molecular formula is C14H19N3O3S. The molecule has 21 heavy (non-hydrogen) atoms. The van der Waals surface area contributed by atoms with Crippen LogP contribution in [0.5, 0.6) is 11.6 Å². The van der Waals surface area contributed by atoms with Gasteiger partial charge in [-0.05, 0) is 32.2 Å². The van der Waals surface area contributed by atoms with Crippen molar-refractivity contribution >= 4 is 9.84 Å². The van der Waals surface area contributed by atoms with Crippen LogP contribution in [0.3, 0.4) is 0 Å². The highest BCUT2D eigenvalue weighted by molar-refractivity contribution is 7.90. The summed E-state index contributed by atoms with van der Waals surface area (Å²) in [6, 6.07) is 6.44. The van der Waals surface area contributed by atoms with Crippen LogP contribution in [-0.4, -0.2) is 31.5 Å². The Morgan fingerprint density at radius 1 is 1.38 bits per heavy atom. The van der Waals surface area contributed by atoms with Gasteiger partial charge in [-0.3, -0.25) is 0 Å². The Morgan fingerprint density at radius 3 is 2.71 bits per heavy atom. The second kappa shape index (κ2) is 5.87. The van der Waals surface area contributed by atoms with Crippen LogP contribution in [0.25, 0.3) is 0 Å². The van der Waals surface area contributed by atoms with Crippen LogP contribution in [0.15, 0.2) is 29.2 Å². The van der Waals surface area contributed by atoms with Crippen LogP contribution in [-0.2, 0) is 23.4 Å². The van der Waals surface area contributed by atoms with Gasteiger partial charge in [0.25, 0.3) is 0 Å². The van der Waals surface area contributed by atoms with Gasteiger partial charge >= 0.3 is 0 Å². The standard InChI is InChI=1S/C14H19N3O3S/c1-10-13(9-15-2)14(17(3)16-10)20-11-6-5-7-12(8-11)21(4,18)19/h5-8,15H,9H2,1-4H3. The molecule has 0 spiro atoms. The van der Waals surface area contributed by atoms with Gasteiger partial charge in [0.05, 0.1) is 16.2 Å². The summed E-state index contributed by atoms with van der Waals surface area (Å²) in [6.07, 6.45) is 1.17. The van der Waals surface area contributed by atoms with Crippen LogP contribution < -0.4 is 10.1 Å². The van der Waals surface area contributed by atoms with Crippen LogP contribution in [0.4, 0.5) is 0 Å². The Labute approximate surface area is 124 Å². The largest absolute Gasteiger partial charge is 0.439 e. The van der Waals surface area contributed by atoms with Crippen molar-refractivity contribution in [3.63, 3.8) is 0 Å². The zero-order valence-corrected chi connectivity index (χ0v) is 13.4. The lowest BCUT2D eigenvalue weighted by Crippen LogP contribution is -2.07. The zero-order valence-electron chi connectivity index (χ0n) is 12.5. The lowest BCUT2D eigenvalue weighted by molar-refractivity contribution is 0.423. The van der Waals surface area contributed by atoms with E-state index in [9.17, 15) is 8.42 Å². The summed E-state index contributed by atoms with van der Waals surface area (Å²) in [7, 11) is 0.384. The lowest BCUT2D eigenvalue weighted by Gasteiger charge is -2.09. The molecule has 0 bridgehead atoms. The third-order valence-corrected chi connectivity index (χ3v) is 4.20. The van der Waals surface area contributed by atoms with E-state index in [0.29, 0.717) is 18.2 Å². The van der Waals surface area contributed by atoms with Crippen molar-refractivity contribution in [3.8, 4) is 11.6 Å². The third-order valence-electron chi connectivity index (χ3n) is 3.09. The molecule has 2 rings (SSSR count). The van der Waals surface area contributed by atoms with Crippen molar-refractivity contribution in [1.29, 1.82) is 0 Å². The van der Waals surface area contributed by atoms with E-state index in [1.165, 1.54) is 12.3 Å². The van der Waals surface area contributed by atoms with Gasteiger partial charge in [0.1, 0.15) is 5.75 Å². The number of aryl methyl sites for hydroxylation is 2. The van der Waals surface area contributed by atoms with E-state index >= 15 is 0 Å². The highest BCUT2D eigenvalue weighted by Crippen LogP contribution is 2.28. The van der Waals surface area contributed by atoms with E-state index in [1.807, 2.05) is 14.0 Å². The van der Waals surface area contributed by atoms with Crippen molar-refractivity contribution < 1.29 is 13.2 Å². The number of aromatic nitrogens is 2. The minimum Gasteiger partial charge on any atom is -0.439 e. The molecule has 0 atom stereocenters. The van der Waals surface area contributed by atoms with Crippen molar-refractivity contribution in [2.24, 2.45) is 7.05 Å². The summed E-state index contributed by atoms with van der Waals surface area (Å²) in [5.41, 5.74) is 1.82. The second-order valence-electron chi connectivity index (χ2n) is 4.87. The number of hydrogen-bond donors (Lipinski definition) is 1. The first-order valence-electron chi connectivity index (χ1n) is 6.48. The predicted octanol–water partition coefficient (Wildman–Crippen LogP) is 1.64. The highest BCUT2D eigenvalue weighted by Gasteiger charge is 2.16. The van der Waals surface area contributed by atoms with Crippen LogP contribution in [0.1, 0.15) is 11.3 Å². The summed E-state index contributed by atoms with van der Waals surface area (Å²) in [5, 5.41) is 7.40. The van der Waals surface area contributed by atoms with Crippen molar-refractivity contribution in [2.75, 3.05) is 13.3 Å². The van der Waals surface area contributed by atoms with Crippen molar-refractivity contribution in [1.82, 2.24) is 15.1 Å². The molecule has 0 fully saturated rings. The van der Waals surface area contributed by atoms with Crippen LogP contribution in [0, 0.1) is 6.92 Å². The Bertz CT molecular complexity index is 751. The molecular weight excluding hydrogens is 290 g/mol. The summed E-state index contributed by atoms with van der Waals surface area (Å²) in [5.74, 6) is 1.07. The smallest absolute Gasteiger partial charge is 0.222 e. The molecule has 1 N–H and O–H groups in total. The van der Waals surface area contributed by atoms with Gasteiger partial charge in [-0.15, -0.1) is 0 Å². The number of nitrogens with zero attached hydrogens (tertiary/aromatic N) is 2. The number of sulfone groups is 1. The molecule has 0 saturated heterocycles. The maximum atomic E-state index is 11.6. The summed E-state index contributed by atoms with van der Waals surface area (Å²) >= 11 is 0. The van der Waals surface area contributed by atoms with E-state index in [2.05, 4.69) is 10.4 Å². The van der Waals surface area contributed by atoms with E-state index < -0.39 is 9.84 Å². The predicted molar refractivity (Wildman–Crippen MR) is 80.3 cm³/mol. The van der Waals surface area contributed by atoms with Gasteiger partial charge in [-0.25, -0.2) is 13.1 Å². The molecule has 7 heteroatoms. The molecule has 2 aromatic rings. The summed E-state index contributed by atoms with van der Waals surface area (Å²) in [6.45, 7) is 2.53. The van der Waals surface area contributed by atoms with Gasteiger partial charge < -0.3 is 10.1 Å². The molecule has 1 heterocycles. The fraction of sp³-hybridized carbons (Fsp3) is 0.357. The van der Waals surface area contributed by atoms with Crippen LogP contribution in [0.2, 0.25) is 0 Å². The maximum absolute atomic E-state index is 11.6. The van der Waals surface area contributed by atoms with Crippen molar-refractivity contribution in [2.45, 2.75) is 18.4 Å². The molecule has 0 unspecified atom stereocenters. The quantitative estimate of drug-likeness (QED) is 0.909. The molecule has 0 saturated carbocycles. The fourth-order valence-electron chi connectivity index (χ4n) is 2.07. The normalized spacial score (nSPS) is 11.6. The molecule has 114 valence electrons. The minimum absolute atomic E-state index is 0.231. The SMILES string of the molecule is CNCc1c(C)nn(C)c1Oc1cccc(S(C)(=O)=O)c1. The molecule has 1 aromatic carbocycles.